The molecule has 0 atom stereocenters. The van der Waals surface area contributed by atoms with Crippen molar-refractivity contribution >= 4 is 0 Å². The smallest absolute Gasteiger partial charge is 0.0398 e. The van der Waals surface area contributed by atoms with Crippen molar-refractivity contribution in [2.45, 2.75) is 74.7 Å². The van der Waals surface area contributed by atoms with Gasteiger partial charge in [-0.15, -0.1) is 0 Å². The topological polar surface area (TPSA) is 0 Å². The van der Waals surface area contributed by atoms with E-state index in [4.69, 9.17) is 0 Å². The monoisotopic (exact) mass is 252 g/mol. The minimum atomic E-state index is 0. The van der Waals surface area contributed by atoms with Gasteiger partial charge in [0, 0.05) is 0 Å². The lowest BCUT2D eigenvalue weighted by atomic mass is 9.91. The summed E-state index contributed by atoms with van der Waals surface area (Å²) >= 11 is 0. The van der Waals surface area contributed by atoms with Crippen LogP contribution in [-0.2, 0) is 0 Å². The lowest BCUT2D eigenvalue weighted by molar-refractivity contribution is 0.385. The SMILES string of the molecule is C.C.CC.CC1CCCCC1.Cc1ccccc1. The van der Waals surface area contributed by atoms with Crippen molar-refractivity contribution in [2.75, 3.05) is 0 Å². The molecule has 0 radical (unpaired) electrons. The number of hydrogen-bond donors (Lipinski definition) is 0. The third-order valence-electron chi connectivity index (χ3n) is 2.83. The van der Waals surface area contributed by atoms with Gasteiger partial charge in [-0.25, -0.2) is 0 Å². The fourth-order valence-corrected chi connectivity index (χ4v) is 1.84. The van der Waals surface area contributed by atoms with E-state index >= 15 is 0 Å². The van der Waals surface area contributed by atoms with E-state index < -0.39 is 0 Å². The highest BCUT2D eigenvalue weighted by atomic mass is 14.1. The largest absolute Gasteiger partial charge is 0.0776 e. The molecule has 0 bridgehead atoms. The van der Waals surface area contributed by atoms with Gasteiger partial charge in [-0.3, -0.25) is 0 Å². The molecule has 0 N–H and O–H groups in total. The third-order valence-corrected chi connectivity index (χ3v) is 2.83. The van der Waals surface area contributed by atoms with Crippen LogP contribution in [0.5, 0.6) is 0 Å². The standard InChI is InChI=1S/C7H14.C7H8.C2H6.2CH4/c2*1-7-5-3-2-4-6-7;1-2;;/h7H,2-6H2,1H3;2-6H,1H3;1-2H3;2*1H4. The van der Waals surface area contributed by atoms with E-state index in [-0.39, 0.29) is 14.9 Å². The fraction of sp³-hybridized carbons (Fsp3) is 0.667. The fourth-order valence-electron chi connectivity index (χ4n) is 1.84. The lowest BCUT2D eigenvalue weighted by Gasteiger charge is -2.15. The van der Waals surface area contributed by atoms with Gasteiger partial charge in [0.1, 0.15) is 0 Å². The van der Waals surface area contributed by atoms with E-state index in [1.807, 2.05) is 32.0 Å². The highest BCUT2D eigenvalue weighted by molar-refractivity contribution is 5.11. The second-order valence-corrected chi connectivity index (χ2v) is 4.40. The summed E-state index contributed by atoms with van der Waals surface area (Å²) < 4.78 is 0. The molecule has 0 nitrogen and oxygen atoms in total. The van der Waals surface area contributed by atoms with Crippen molar-refractivity contribution in [1.82, 2.24) is 0 Å². The zero-order chi connectivity index (χ0) is 12.2. The minimum Gasteiger partial charge on any atom is -0.0776 e. The summed E-state index contributed by atoms with van der Waals surface area (Å²) in [5, 5.41) is 0. The highest BCUT2D eigenvalue weighted by Gasteiger charge is 2.05. The van der Waals surface area contributed by atoms with Gasteiger partial charge in [0.2, 0.25) is 0 Å². The quantitative estimate of drug-likeness (QED) is 0.472. The van der Waals surface area contributed by atoms with Crippen molar-refractivity contribution in [3.8, 4) is 0 Å². The first-order valence-corrected chi connectivity index (χ1v) is 6.80. The molecule has 1 aromatic carbocycles. The van der Waals surface area contributed by atoms with Gasteiger partial charge < -0.3 is 0 Å². The molecule has 1 aliphatic carbocycles. The molecular weight excluding hydrogens is 216 g/mol. The molecule has 2 rings (SSSR count). The van der Waals surface area contributed by atoms with Gasteiger partial charge in [0.15, 0.2) is 0 Å². The van der Waals surface area contributed by atoms with Gasteiger partial charge in [-0.1, -0.05) is 104 Å². The maximum Gasteiger partial charge on any atom is -0.0398 e. The Morgan fingerprint density at radius 1 is 0.833 bits per heavy atom. The maximum atomic E-state index is 2.36. The van der Waals surface area contributed by atoms with Gasteiger partial charge in [-0.2, -0.15) is 0 Å². The second kappa shape index (κ2) is 16.2. The molecule has 1 fully saturated rings. The molecule has 0 unspecified atom stereocenters. The van der Waals surface area contributed by atoms with Crippen molar-refractivity contribution < 1.29 is 0 Å². The van der Waals surface area contributed by atoms with Crippen LogP contribution >= 0.6 is 0 Å². The molecule has 0 amide bonds. The zero-order valence-corrected chi connectivity index (χ0v) is 11.5. The second-order valence-electron chi connectivity index (χ2n) is 4.40. The summed E-state index contributed by atoms with van der Waals surface area (Å²) in [5.74, 6) is 1.04. The molecule has 0 aliphatic heterocycles. The number of rotatable bonds is 0. The first-order valence-electron chi connectivity index (χ1n) is 6.80. The number of benzene rings is 1. The zero-order valence-electron chi connectivity index (χ0n) is 11.5. The van der Waals surface area contributed by atoms with Crippen LogP contribution in [0.2, 0.25) is 0 Å². The van der Waals surface area contributed by atoms with Gasteiger partial charge in [0.05, 0.1) is 0 Å². The molecule has 108 valence electrons. The molecule has 0 heteroatoms. The molecule has 1 aliphatic rings. The predicted molar refractivity (Wildman–Crippen MR) is 88.2 cm³/mol. The van der Waals surface area contributed by atoms with Crippen molar-refractivity contribution in [1.29, 1.82) is 0 Å². The number of hydrogen-bond acceptors (Lipinski definition) is 0. The van der Waals surface area contributed by atoms with E-state index in [0.29, 0.717) is 0 Å². The Morgan fingerprint density at radius 2 is 1.28 bits per heavy atom. The average Bonchev–Trinajstić information content (AvgIpc) is 2.34. The Hall–Kier alpha value is -0.780. The van der Waals surface area contributed by atoms with Crippen molar-refractivity contribution in [2.24, 2.45) is 5.92 Å². The van der Waals surface area contributed by atoms with Gasteiger partial charge in [-0.05, 0) is 12.8 Å². The predicted octanol–water partition coefficient (Wildman–Crippen LogP) is 6.88. The molecule has 18 heavy (non-hydrogen) atoms. The van der Waals surface area contributed by atoms with Crippen LogP contribution in [0.3, 0.4) is 0 Å². The van der Waals surface area contributed by atoms with E-state index in [1.165, 1.54) is 37.7 Å². The summed E-state index contributed by atoms with van der Waals surface area (Å²) in [7, 11) is 0. The molecule has 0 spiro atoms. The van der Waals surface area contributed by atoms with Gasteiger partial charge in [0.25, 0.3) is 0 Å². The first kappa shape index (κ1) is 22.4. The Labute approximate surface area is 117 Å². The molecule has 0 heterocycles. The summed E-state index contributed by atoms with van der Waals surface area (Å²) in [5.41, 5.74) is 1.32. The lowest BCUT2D eigenvalue weighted by Crippen LogP contribution is -1.99. The molecular formula is C18H36. The third kappa shape index (κ3) is 13.3. The van der Waals surface area contributed by atoms with Crippen LogP contribution < -0.4 is 0 Å². The normalized spacial score (nSPS) is 13.6. The van der Waals surface area contributed by atoms with E-state index in [9.17, 15) is 0 Å². The summed E-state index contributed by atoms with van der Waals surface area (Å²) in [6, 6.07) is 10.3. The van der Waals surface area contributed by atoms with Gasteiger partial charge >= 0.3 is 0 Å². The van der Waals surface area contributed by atoms with Crippen molar-refractivity contribution in [3.05, 3.63) is 35.9 Å². The van der Waals surface area contributed by atoms with Crippen LogP contribution in [0.15, 0.2) is 30.3 Å². The molecule has 1 saturated carbocycles. The average molecular weight is 252 g/mol. The Kier molecular flexibility index (Phi) is 20.2. The summed E-state index contributed by atoms with van der Waals surface area (Å²) in [6.45, 7) is 8.44. The summed E-state index contributed by atoms with van der Waals surface area (Å²) in [6.07, 6.45) is 7.44. The summed E-state index contributed by atoms with van der Waals surface area (Å²) in [4.78, 5) is 0. The van der Waals surface area contributed by atoms with E-state index in [0.717, 1.165) is 5.92 Å². The minimum absolute atomic E-state index is 0. The Morgan fingerprint density at radius 3 is 1.50 bits per heavy atom. The maximum absolute atomic E-state index is 2.36. The number of aryl methyl sites for hydroxylation is 1. The molecule has 1 aromatic rings. The van der Waals surface area contributed by atoms with Crippen molar-refractivity contribution in [3.63, 3.8) is 0 Å². The van der Waals surface area contributed by atoms with E-state index in [2.05, 4.69) is 26.0 Å². The van der Waals surface area contributed by atoms with Crippen LogP contribution in [0.4, 0.5) is 0 Å². The Bertz CT molecular complexity index is 219. The highest BCUT2D eigenvalue weighted by Crippen LogP contribution is 2.22. The first-order chi connectivity index (χ1) is 7.79. The van der Waals surface area contributed by atoms with Crippen LogP contribution in [0.1, 0.15) is 73.3 Å². The van der Waals surface area contributed by atoms with Crippen LogP contribution in [0.25, 0.3) is 0 Å². The van der Waals surface area contributed by atoms with Crippen LogP contribution in [0, 0.1) is 12.8 Å². The van der Waals surface area contributed by atoms with Crippen LogP contribution in [-0.4, -0.2) is 0 Å². The molecule has 0 aromatic heterocycles. The Balaban J connectivity index is -0.000000200. The molecule has 0 saturated heterocycles. The van der Waals surface area contributed by atoms with E-state index in [1.54, 1.807) is 0 Å².